The molecule has 0 radical (unpaired) electrons. The minimum atomic E-state index is -1.26. The topological polar surface area (TPSA) is 110 Å². The molecule has 7 heteroatoms. The Morgan fingerprint density at radius 1 is 1.61 bits per heavy atom. The van der Waals surface area contributed by atoms with E-state index in [0.717, 1.165) is 18.7 Å². The molecule has 0 aromatic carbocycles. The second-order valence-corrected chi connectivity index (χ2v) is 3.66. The number of hydrogen-bond donors (Lipinski definition) is 3. The lowest BCUT2D eigenvalue weighted by Crippen LogP contribution is -2.47. The van der Waals surface area contributed by atoms with Gasteiger partial charge in [-0.2, -0.15) is 0 Å². The van der Waals surface area contributed by atoms with Crippen LogP contribution in [0.2, 0.25) is 0 Å². The van der Waals surface area contributed by atoms with Gasteiger partial charge in [0.2, 0.25) is 5.91 Å². The van der Waals surface area contributed by atoms with Crippen molar-refractivity contribution >= 4 is 11.9 Å². The number of H-pyrrole nitrogens is 1. The molecular formula is C11H18N4O3. The fraction of sp³-hybridized carbons (Fsp3) is 0.545. The molecule has 1 rings (SSSR count). The summed E-state index contributed by atoms with van der Waals surface area (Å²) >= 11 is 0. The Labute approximate surface area is 105 Å². The third kappa shape index (κ3) is 4.54. The van der Waals surface area contributed by atoms with Crippen LogP contribution in [0.5, 0.6) is 0 Å². The third-order valence-corrected chi connectivity index (χ3v) is 2.27. The van der Waals surface area contributed by atoms with Crippen molar-refractivity contribution in [3.8, 4) is 0 Å². The minimum Gasteiger partial charge on any atom is -0.464 e. The van der Waals surface area contributed by atoms with Crippen LogP contribution in [0.25, 0.3) is 0 Å². The number of nitrogens with two attached hydrogens (primary N) is 1. The van der Waals surface area contributed by atoms with Crippen molar-refractivity contribution < 1.29 is 14.3 Å². The predicted molar refractivity (Wildman–Crippen MR) is 64.5 cm³/mol. The van der Waals surface area contributed by atoms with E-state index in [1.165, 1.54) is 0 Å². The van der Waals surface area contributed by atoms with Crippen LogP contribution in [0.4, 0.5) is 0 Å². The van der Waals surface area contributed by atoms with Crippen LogP contribution in [0.15, 0.2) is 12.4 Å². The van der Waals surface area contributed by atoms with E-state index < -0.39 is 17.9 Å². The van der Waals surface area contributed by atoms with Crippen molar-refractivity contribution in [2.24, 2.45) is 5.73 Å². The van der Waals surface area contributed by atoms with Crippen molar-refractivity contribution in [3.63, 3.8) is 0 Å². The number of hydrogen-bond acceptors (Lipinski definition) is 5. The first-order valence-corrected chi connectivity index (χ1v) is 5.83. The second-order valence-electron chi connectivity index (χ2n) is 3.66. The lowest BCUT2D eigenvalue weighted by Gasteiger charge is -2.10. The highest BCUT2D eigenvalue weighted by Crippen LogP contribution is 1.94. The van der Waals surface area contributed by atoms with Crippen molar-refractivity contribution in [1.29, 1.82) is 0 Å². The lowest BCUT2D eigenvalue weighted by molar-refractivity contribution is -0.147. The summed E-state index contributed by atoms with van der Waals surface area (Å²) in [4.78, 5) is 29.7. The first-order valence-electron chi connectivity index (χ1n) is 5.83. The summed E-state index contributed by atoms with van der Waals surface area (Å²) in [6.07, 6.45) is 4.85. The van der Waals surface area contributed by atoms with Crippen LogP contribution >= 0.6 is 0 Å². The molecule has 1 amide bonds. The van der Waals surface area contributed by atoms with Crippen LogP contribution in [-0.4, -0.2) is 41.0 Å². The maximum Gasteiger partial charge on any atom is 0.332 e. The summed E-state index contributed by atoms with van der Waals surface area (Å²) < 4.78 is 4.65. The first-order chi connectivity index (χ1) is 8.65. The zero-order chi connectivity index (χ0) is 13.4. The van der Waals surface area contributed by atoms with Gasteiger partial charge in [0.05, 0.1) is 6.61 Å². The molecule has 0 bridgehead atoms. The molecule has 1 atom stereocenters. The molecular weight excluding hydrogens is 236 g/mol. The van der Waals surface area contributed by atoms with Crippen LogP contribution in [0, 0.1) is 0 Å². The molecule has 0 saturated heterocycles. The van der Waals surface area contributed by atoms with Crippen LogP contribution in [0.1, 0.15) is 19.2 Å². The monoisotopic (exact) mass is 254 g/mol. The Morgan fingerprint density at radius 3 is 3.00 bits per heavy atom. The number of aromatic amines is 1. The number of nitrogens with one attached hydrogen (secondary N) is 2. The van der Waals surface area contributed by atoms with E-state index in [1.807, 2.05) is 0 Å². The van der Waals surface area contributed by atoms with Crippen LogP contribution < -0.4 is 11.1 Å². The fourth-order valence-electron chi connectivity index (χ4n) is 1.35. The van der Waals surface area contributed by atoms with E-state index in [2.05, 4.69) is 20.0 Å². The standard InChI is InChI=1S/C11H18N4O3/c1-2-18-11(17)9(12)10(16)15-5-3-4-8-13-6-7-14-8/h6-7,9H,2-5,12H2,1H3,(H,13,14)(H,15,16). The van der Waals surface area contributed by atoms with Crippen molar-refractivity contribution in [3.05, 3.63) is 18.2 Å². The summed E-state index contributed by atoms with van der Waals surface area (Å²) in [5.74, 6) is -0.368. The lowest BCUT2D eigenvalue weighted by atomic mass is 10.2. The van der Waals surface area contributed by atoms with Crippen LogP contribution in [-0.2, 0) is 20.7 Å². The molecule has 0 aliphatic heterocycles. The van der Waals surface area contributed by atoms with Crippen LogP contribution in [0.3, 0.4) is 0 Å². The second kappa shape index (κ2) is 7.44. The Bertz CT molecular complexity index is 378. The molecule has 7 nitrogen and oxygen atoms in total. The van der Waals surface area contributed by atoms with Gasteiger partial charge in [0.1, 0.15) is 5.82 Å². The van der Waals surface area contributed by atoms with E-state index >= 15 is 0 Å². The average Bonchev–Trinajstić information content (AvgIpc) is 2.86. The normalized spacial score (nSPS) is 11.9. The number of carbonyl (C=O) groups excluding carboxylic acids is 2. The van der Waals surface area contributed by atoms with Gasteiger partial charge in [0.15, 0.2) is 6.04 Å². The molecule has 0 fully saturated rings. The van der Waals surface area contributed by atoms with Crippen molar-refractivity contribution in [1.82, 2.24) is 15.3 Å². The van der Waals surface area contributed by atoms with Gasteiger partial charge < -0.3 is 20.8 Å². The summed E-state index contributed by atoms with van der Waals surface area (Å²) in [6.45, 7) is 2.30. The largest absolute Gasteiger partial charge is 0.464 e. The number of aromatic nitrogens is 2. The van der Waals surface area contributed by atoms with E-state index in [1.54, 1.807) is 19.3 Å². The van der Waals surface area contributed by atoms with Gasteiger partial charge in [-0.05, 0) is 13.3 Å². The Kier molecular flexibility index (Phi) is 5.86. The Balaban J connectivity index is 2.18. The number of carbonyl (C=O) groups is 2. The molecule has 1 aromatic heterocycles. The molecule has 1 aromatic rings. The average molecular weight is 254 g/mol. The smallest absolute Gasteiger partial charge is 0.332 e. The maximum absolute atomic E-state index is 11.5. The predicted octanol–water partition coefficient (Wildman–Crippen LogP) is -0.651. The molecule has 18 heavy (non-hydrogen) atoms. The zero-order valence-electron chi connectivity index (χ0n) is 10.3. The highest BCUT2D eigenvalue weighted by Gasteiger charge is 2.22. The zero-order valence-corrected chi connectivity index (χ0v) is 10.3. The van der Waals surface area contributed by atoms with E-state index in [4.69, 9.17) is 5.73 Å². The van der Waals surface area contributed by atoms with Gasteiger partial charge in [-0.3, -0.25) is 4.79 Å². The number of ether oxygens (including phenoxy) is 1. The van der Waals surface area contributed by atoms with Gasteiger partial charge in [-0.15, -0.1) is 0 Å². The SMILES string of the molecule is CCOC(=O)C(N)C(=O)NCCCc1ncc[nH]1. The Morgan fingerprint density at radius 2 is 2.39 bits per heavy atom. The van der Waals surface area contributed by atoms with E-state index in [-0.39, 0.29) is 6.61 Å². The highest BCUT2D eigenvalue weighted by atomic mass is 16.5. The summed E-state index contributed by atoms with van der Waals surface area (Å²) in [7, 11) is 0. The van der Waals surface area contributed by atoms with Crippen molar-refractivity contribution in [2.75, 3.05) is 13.2 Å². The van der Waals surface area contributed by atoms with Crippen molar-refractivity contribution in [2.45, 2.75) is 25.8 Å². The minimum absolute atomic E-state index is 0.207. The van der Waals surface area contributed by atoms with E-state index in [0.29, 0.717) is 6.54 Å². The summed E-state index contributed by atoms with van der Waals surface area (Å²) in [5, 5.41) is 2.58. The molecule has 1 unspecified atom stereocenters. The highest BCUT2D eigenvalue weighted by molar-refractivity contribution is 6.01. The maximum atomic E-state index is 11.5. The van der Waals surface area contributed by atoms with Gasteiger partial charge in [-0.25, -0.2) is 9.78 Å². The number of rotatable bonds is 7. The molecule has 0 spiro atoms. The number of amides is 1. The number of nitrogens with zero attached hydrogens (tertiary/aromatic N) is 1. The van der Waals surface area contributed by atoms with E-state index in [9.17, 15) is 9.59 Å². The molecule has 0 aliphatic carbocycles. The quantitative estimate of drug-likeness (QED) is 0.340. The number of aryl methyl sites for hydroxylation is 1. The third-order valence-electron chi connectivity index (χ3n) is 2.27. The molecule has 1 heterocycles. The fourth-order valence-corrected chi connectivity index (χ4v) is 1.35. The summed E-state index contributed by atoms with van der Waals surface area (Å²) in [5.41, 5.74) is 5.42. The van der Waals surface area contributed by atoms with Gasteiger partial charge in [-0.1, -0.05) is 0 Å². The number of imidazole rings is 1. The molecule has 100 valence electrons. The van der Waals surface area contributed by atoms with Gasteiger partial charge >= 0.3 is 5.97 Å². The first kappa shape index (κ1) is 14.2. The molecule has 4 N–H and O–H groups in total. The van der Waals surface area contributed by atoms with Gasteiger partial charge in [0, 0.05) is 25.4 Å². The summed E-state index contributed by atoms with van der Waals surface area (Å²) in [6, 6.07) is -1.26. The molecule has 0 saturated carbocycles. The number of esters is 1. The Hall–Kier alpha value is -1.89. The molecule has 0 aliphatic rings. The van der Waals surface area contributed by atoms with Gasteiger partial charge in [0.25, 0.3) is 0 Å².